The zero-order valence-corrected chi connectivity index (χ0v) is 14.0. The van der Waals surface area contributed by atoms with E-state index in [1.54, 1.807) is 12.1 Å². The number of anilines is 2. The summed E-state index contributed by atoms with van der Waals surface area (Å²) in [5.74, 6) is -0.0927. The van der Waals surface area contributed by atoms with E-state index in [9.17, 15) is 19.5 Å². The second kappa shape index (κ2) is 7.10. The summed E-state index contributed by atoms with van der Waals surface area (Å²) in [6, 6.07) is 4.63. The summed E-state index contributed by atoms with van der Waals surface area (Å²) in [7, 11) is 1.51. The van der Waals surface area contributed by atoms with Crippen molar-refractivity contribution in [1.82, 2.24) is 5.32 Å². The maximum atomic E-state index is 12.1. The van der Waals surface area contributed by atoms with E-state index in [1.807, 2.05) is 6.07 Å². The van der Waals surface area contributed by atoms with Crippen LogP contribution < -0.4 is 19.9 Å². The van der Waals surface area contributed by atoms with Crippen LogP contribution in [0.1, 0.15) is 12.8 Å². The summed E-state index contributed by atoms with van der Waals surface area (Å²) >= 11 is 0. The van der Waals surface area contributed by atoms with E-state index in [0.717, 1.165) is 5.69 Å². The van der Waals surface area contributed by atoms with Gasteiger partial charge in [0, 0.05) is 32.0 Å². The van der Waals surface area contributed by atoms with Gasteiger partial charge in [0.2, 0.25) is 18.2 Å². The van der Waals surface area contributed by atoms with Gasteiger partial charge in [-0.2, -0.15) is 0 Å². The lowest BCUT2D eigenvalue weighted by Gasteiger charge is -2.41. The topological polar surface area (TPSA) is 99.2 Å². The van der Waals surface area contributed by atoms with Gasteiger partial charge >= 0.3 is 0 Å². The molecule has 3 amide bonds. The van der Waals surface area contributed by atoms with Crippen LogP contribution in [-0.4, -0.2) is 56.2 Å². The molecule has 25 heavy (non-hydrogen) atoms. The van der Waals surface area contributed by atoms with Crippen LogP contribution in [0.2, 0.25) is 0 Å². The average molecular weight is 347 g/mol. The van der Waals surface area contributed by atoms with Gasteiger partial charge in [0.25, 0.3) is 0 Å². The highest BCUT2D eigenvalue weighted by atomic mass is 16.5. The molecule has 0 aromatic heterocycles. The third-order valence-corrected chi connectivity index (χ3v) is 4.67. The van der Waals surface area contributed by atoms with Gasteiger partial charge in [0.15, 0.2) is 5.75 Å². The van der Waals surface area contributed by atoms with Crippen molar-refractivity contribution in [2.45, 2.75) is 18.9 Å². The van der Waals surface area contributed by atoms with Gasteiger partial charge in [-0.3, -0.25) is 24.6 Å². The Labute approximate surface area is 145 Å². The fourth-order valence-electron chi connectivity index (χ4n) is 3.30. The first-order valence-electron chi connectivity index (χ1n) is 8.19. The van der Waals surface area contributed by atoms with Gasteiger partial charge in [-0.15, -0.1) is 0 Å². The summed E-state index contributed by atoms with van der Waals surface area (Å²) in [4.78, 5) is 38.6. The standard InChI is InChI=1S/C17H21N3O5/c1-25-16-12(19-7-11(8-19)9-21)3-2-4-13(16)20(10-22)14-5-6-15(23)18-17(14)24/h2-4,10-11,14,21H,5-9H2,1H3,(H,18,23,24). The lowest BCUT2D eigenvalue weighted by Crippen LogP contribution is -2.52. The van der Waals surface area contributed by atoms with Gasteiger partial charge in [0.1, 0.15) is 6.04 Å². The number of benzene rings is 1. The molecule has 3 rings (SSSR count). The molecule has 1 aromatic rings. The molecule has 0 radical (unpaired) electrons. The van der Waals surface area contributed by atoms with E-state index in [-0.39, 0.29) is 31.3 Å². The number of nitrogens with one attached hydrogen (secondary N) is 1. The predicted octanol–water partition coefficient (Wildman–Crippen LogP) is -0.108. The van der Waals surface area contributed by atoms with E-state index in [4.69, 9.17) is 4.74 Å². The number of carbonyl (C=O) groups is 3. The van der Waals surface area contributed by atoms with Crippen LogP contribution in [0.5, 0.6) is 5.75 Å². The zero-order valence-electron chi connectivity index (χ0n) is 14.0. The van der Waals surface area contributed by atoms with Crippen LogP contribution >= 0.6 is 0 Å². The third-order valence-electron chi connectivity index (χ3n) is 4.67. The molecule has 0 bridgehead atoms. The van der Waals surface area contributed by atoms with Crippen LogP contribution in [0.15, 0.2) is 18.2 Å². The number of rotatable bonds is 6. The summed E-state index contributed by atoms with van der Waals surface area (Å²) in [5.41, 5.74) is 1.29. The van der Waals surface area contributed by atoms with Crippen molar-refractivity contribution >= 4 is 29.6 Å². The minimum atomic E-state index is -0.749. The number of ether oxygens (including phenoxy) is 1. The second-order valence-corrected chi connectivity index (χ2v) is 6.26. The molecular formula is C17H21N3O5. The summed E-state index contributed by atoms with van der Waals surface area (Å²) in [6.07, 6.45) is 1.05. The smallest absolute Gasteiger partial charge is 0.249 e. The minimum absolute atomic E-state index is 0.134. The van der Waals surface area contributed by atoms with Crippen molar-refractivity contribution in [3.05, 3.63) is 18.2 Å². The normalized spacial score (nSPS) is 20.7. The fourth-order valence-corrected chi connectivity index (χ4v) is 3.30. The predicted molar refractivity (Wildman–Crippen MR) is 90.5 cm³/mol. The van der Waals surface area contributed by atoms with Gasteiger partial charge < -0.3 is 14.7 Å². The number of piperidine rings is 1. The van der Waals surface area contributed by atoms with E-state index >= 15 is 0 Å². The molecule has 0 spiro atoms. The van der Waals surface area contributed by atoms with E-state index < -0.39 is 11.9 Å². The van der Waals surface area contributed by atoms with Gasteiger partial charge in [-0.05, 0) is 18.6 Å². The number of nitrogens with zero attached hydrogens (tertiary/aromatic N) is 2. The first-order valence-corrected chi connectivity index (χ1v) is 8.19. The Balaban J connectivity index is 1.91. The Kier molecular flexibility index (Phi) is 4.89. The summed E-state index contributed by atoms with van der Waals surface area (Å²) in [5, 5.41) is 11.5. The highest BCUT2D eigenvalue weighted by Gasteiger charge is 2.35. The molecule has 0 aliphatic carbocycles. The number of amides is 3. The average Bonchev–Trinajstić information content (AvgIpc) is 2.56. The summed E-state index contributed by atoms with van der Waals surface area (Å²) < 4.78 is 5.53. The largest absolute Gasteiger partial charge is 0.492 e. The number of para-hydroxylation sites is 1. The van der Waals surface area contributed by atoms with Crippen molar-refractivity contribution in [3.63, 3.8) is 0 Å². The van der Waals surface area contributed by atoms with Crippen LogP contribution in [0.25, 0.3) is 0 Å². The number of hydrogen-bond donors (Lipinski definition) is 2. The molecule has 134 valence electrons. The van der Waals surface area contributed by atoms with Crippen LogP contribution in [0, 0.1) is 5.92 Å². The lowest BCUT2D eigenvalue weighted by atomic mass is 9.99. The molecule has 1 aromatic carbocycles. The zero-order chi connectivity index (χ0) is 18.0. The molecule has 8 heteroatoms. The molecule has 2 fully saturated rings. The van der Waals surface area contributed by atoms with Gasteiger partial charge in [0.05, 0.1) is 18.5 Å². The molecule has 2 aliphatic rings. The molecule has 2 N–H and O–H groups in total. The van der Waals surface area contributed by atoms with Crippen molar-refractivity contribution in [3.8, 4) is 5.75 Å². The summed E-state index contributed by atoms with van der Waals surface area (Å²) in [6.45, 7) is 1.54. The number of aliphatic hydroxyl groups excluding tert-OH is 1. The second-order valence-electron chi connectivity index (χ2n) is 6.26. The van der Waals surface area contributed by atoms with E-state index in [2.05, 4.69) is 10.2 Å². The Hall–Kier alpha value is -2.61. The molecule has 2 aliphatic heterocycles. The lowest BCUT2D eigenvalue weighted by molar-refractivity contribution is -0.134. The molecule has 2 heterocycles. The van der Waals surface area contributed by atoms with E-state index in [0.29, 0.717) is 30.9 Å². The first-order chi connectivity index (χ1) is 12.1. The fraction of sp³-hybridized carbons (Fsp3) is 0.471. The van der Waals surface area contributed by atoms with Gasteiger partial charge in [-0.25, -0.2) is 0 Å². The van der Waals surface area contributed by atoms with Crippen LogP contribution in [-0.2, 0) is 14.4 Å². The first kappa shape index (κ1) is 17.2. The van der Waals surface area contributed by atoms with Gasteiger partial charge in [-0.1, -0.05) is 6.07 Å². The highest BCUT2D eigenvalue weighted by molar-refractivity contribution is 6.04. The molecule has 1 unspecified atom stereocenters. The van der Waals surface area contributed by atoms with Crippen molar-refractivity contribution < 1.29 is 24.2 Å². The Bertz CT molecular complexity index is 687. The molecule has 2 saturated heterocycles. The Morgan fingerprint density at radius 2 is 2.16 bits per heavy atom. The highest BCUT2D eigenvalue weighted by Crippen LogP contribution is 2.41. The maximum absolute atomic E-state index is 12.1. The van der Waals surface area contributed by atoms with Crippen LogP contribution in [0.4, 0.5) is 11.4 Å². The van der Waals surface area contributed by atoms with Crippen molar-refractivity contribution in [2.75, 3.05) is 36.6 Å². The number of aliphatic hydroxyl groups is 1. The maximum Gasteiger partial charge on any atom is 0.249 e. The number of carbonyl (C=O) groups excluding carboxylic acids is 3. The quantitative estimate of drug-likeness (QED) is 0.550. The number of hydrogen-bond acceptors (Lipinski definition) is 6. The van der Waals surface area contributed by atoms with E-state index in [1.165, 1.54) is 12.0 Å². The number of imide groups is 1. The SMILES string of the molecule is COc1c(N2CC(CO)C2)cccc1N(C=O)C1CCC(=O)NC1=O. The molecule has 1 atom stereocenters. The Morgan fingerprint density at radius 3 is 2.76 bits per heavy atom. The minimum Gasteiger partial charge on any atom is -0.492 e. The molecular weight excluding hydrogens is 326 g/mol. The van der Waals surface area contributed by atoms with Crippen LogP contribution in [0.3, 0.4) is 0 Å². The molecule has 0 saturated carbocycles. The third kappa shape index (κ3) is 3.17. The Morgan fingerprint density at radius 1 is 1.40 bits per heavy atom. The molecule has 8 nitrogen and oxygen atoms in total. The number of methoxy groups -OCH3 is 1. The van der Waals surface area contributed by atoms with Crippen molar-refractivity contribution in [1.29, 1.82) is 0 Å². The monoisotopic (exact) mass is 347 g/mol. The van der Waals surface area contributed by atoms with Crippen molar-refractivity contribution in [2.24, 2.45) is 5.92 Å².